The van der Waals surface area contributed by atoms with Gasteiger partial charge in [-0.2, -0.15) is 13.2 Å². The number of alkyl halides is 3. The number of hydrogen-bond acceptors (Lipinski definition) is 1. The average Bonchev–Trinajstić information content (AvgIpc) is 2.90. The van der Waals surface area contributed by atoms with Crippen LogP contribution in [0.5, 0.6) is 0 Å². The summed E-state index contributed by atoms with van der Waals surface area (Å²) in [7, 11) is 0. The van der Waals surface area contributed by atoms with E-state index in [1.807, 2.05) is 0 Å². The van der Waals surface area contributed by atoms with Crippen LogP contribution in [0.2, 0.25) is 10.0 Å². The normalized spacial score (nSPS) is 18.6. The number of rotatable bonds is 3. The molecule has 1 atom stereocenters. The molecule has 2 nitrogen and oxygen atoms in total. The zero-order chi connectivity index (χ0) is 16.5. The number of likely N-dealkylation sites (tertiary alicyclic amines) is 1. The van der Waals surface area contributed by atoms with Crippen LogP contribution in [0.3, 0.4) is 0 Å². The molecule has 0 saturated carbocycles. The van der Waals surface area contributed by atoms with Crippen LogP contribution in [0.15, 0.2) is 30.4 Å². The second-order valence-corrected chi connectivity index (χ2v) is 6.13. The lowest BCUT2D eigenvalue weighted by molar-refractivity contribution is -0.184. The molecule has 1 amide bonds. The predicted octanol–water partition coefficient (Wildman–Crippen LogP) is 4.50. The Morgan fingerprint density at radius 2 is 2.00 bits per heavy atom. The van der Waals surface area contributed by atoms with Gasteiger partial charge in [0.25, 0.3) is 0 Å². The molecule has 1 fully saturated rings. The molecule has 0 radical (unpaired) electrons. The lowest BCUT2D eigenvalue weighted by atomic mass is 9.94. The summed E-state index contributed by atoms with van der Waals surface area (Å²) in [6, 6.07) is 5.18. The van der Waals surface area contributed by atoms with Gasteiger partial charge in [-0.25, -0.2) is 0 Å². The first-order valence-corrected chi connectivity index (χ1v) is 7.41. The van der Waals surface area contributed by atoms with Crippen LogP contribution in [0.1, 0.15) is 12.0 Å². The van der Waals surface area contributed by atoms with Gasteiger partial charge in [0.05, 0.1) is 10.0 Å². The van der Waals surface area contributed by atoms with E-state index in [1.165, 1.54) is 0 Å². The Labute approximate surface area is 136 Å². The van der Waals surface area contributed by atoms with Crippen molar-refractivity contribution in [3.63, 3.8) is 0 Å². The van der Waals surface area contributed by atoms with E-state index in [4.69, 9.17) is 23.2 Å². The first-order valence-electron chi connectivity index (χ1n) is 6.66. The highest BCUT2D eigenvalue weighted by atomic mass is 35.5. The number of nitrogens with zero attached hydrogens (tertiary/aromatic N) is 1. The SMILES string of the molecule is C=C(Cc1ccc(Cl)c(Cl)c1)[C@@H]1CCN(C(=O)C(F)(F)F)C1. The zero-order valence-corrected chi connectivity index (χ0v) is 13.1. The van der Waals surface area contributed by atoms with Crippen molar-refractivity contribution in [1.82, 2.24) is 4.90 Å². The third-order valence-electron chi connectivity index (χ3n) is 3.71. The van der Waals surface area contributed by atoms with Gasteiger partial charge in [0.2, 0.25) is 0 Å². The molecule has 1 aliphatic rings. The predicted molar refractivity (Wildman–Crippen MR) is 80.0 cm³/mol. The van der Waals surface area contributed by atoms with Crippen LogP contribution in [-0.2, 0) is 11.2 Å². The first-order chi connectivity index (χ1) is 10.2. The van der Waals surface area contributed by atoms with Crippen LogP contribution in [0, 0.1) is 5.92 Å². The van der Waals surface area contributed by atoms with Crippen molar-refractivity contribution in [1.29, 1.82) is 0 Å². The van der Waals surface area contributed by atoms with E-state index in [2.05, 4.69) is 6.58 Å². The van der Waals surface area contributed by atoms with Crippen LogP contribution >= 0.6 is 23.2 Å². The molecule has 0 aliphatic carbocycles. The number of carbonyl (C=O) groups excluding carboxylic acids is 1. The van der Waals surface area contributed by atoms with Crippen LogP contribution in [0.4, 0.5) is 13.2 Å². The Kier molecular flexibility index (Phi) is 5.07. The van der Waals surface area contributed by atoms with E-state index in [0.29, 0.717) is 22.9 Å². The summed E-state index contributed by atoms with van der Waals surface area (Å²) < 4.78 is 37.3. The topological polar surface area (TPSA) is 20.3 Å². The fraction of sp³-hybridized carbons (Fsp3) is 0.400. The molecular weight excluding hydrogens is 338 g/mol. The number of halogens is 5. The van der Waals surface area contributed by atoms with Crippen LogP contribution in [-0.4, -0.2) is 30.1 Å². The lowest BCUT2D eigenvalue weighted by Gasteiger charge is -2.19. The third kappa shape index (κ3) is 3.96. The van der Waals surface area contributed by atoms with Gasteiger partial charge >= 0.3 is 12.1 Å². The van der Waals surface area contributed by atoms with Crippen molar-refractivity contribution in [2.24, 2.45) is 5.92 Å². The standard InChI is InChI=1S/C15H14Cl2F3NO/c1-9(6-10-2-3-12(16)13(17)7-10)11-4-5-21(8-11)14(22)15(18,19)20/h2-3,7,11H,1,4-6,8H2/t11-/m1/s1. The van der Waals surface area contributed by atoms with Gasteiger partial charge in [0, 0.05) is 13.1 Å². The minimum Gasteiger partial charge on any atom is -0.334 e. The summed E-state index contributed by atoms with van der Waals surface area (Å²) in [5.41, 5.74) is 1.68. The van der Waals surface area contributed by atoms with E-state index in [1.54, 1.807) is 18.2 Å². The maximum absolute atomic E-state index is 12.4. The average molecular weight is 352 g/mol. The summed E-state index contributed by atoms with van der Waals surface area (Å²) >= 11 is 11.8. The van der Waals surface area contributed by atoms with E-state index < -0.39 is 12.1 Å². The monoisotopic (exact) mass is 351 g/mol. The van der Waals surface area contributed by atoms with Gasteiger partial charge < -0.3 is 4.90 Å². The second kappa shape index (κ2) is 6.50. The number of benzene rings is 1. The largest absolute Gasteiger partial charge is 0.471 e. The highest BCUT2D eigenvalue weighted by Crippen LogP contribution is 2.30. The fourth-order valence-corrected chi connectivity index (χ4v) is 2.83. The first kappa shape index (κ1) is 17.2. The molecule has 2 rings (SSSR count). The molecule has 1 aromatic carbocycles. The van der Waals surface area contributed by atoms with E-state index in [0.717, 1.165) is 16.0 Å². The maximum atomic E-state index is 12.4. The molecule has 1 heterocycles. The summed E-state index contributed by atoms with van der Waals surface area (Å²) in [6.07, 6.45) is -3.84. The Morgan fingerprint density at radius 1 is 1.32 bits per heavy atom. The van der Waals surface area contributed by atoms with Crippen LogP contribution in [0.25, 0.3) is 0 Å². The molecule has 0 unspecified atom stereocenters. The molecule has 0 bridgehead atoms. The Bertz CT molecular complexity index is 601. The van der Waals surface area contributed by atoms with Crippen molar-refractivity contribution in [3.05, 3.63) is 46.0 Å². The summed E-state index contributed by atoms with van der Waals surface area (Å²) in [5.74, 6) is -1.92. The summed E-state index contributed by atoms with van der Waals surface area (Å²) in [4.78, 5) is 12.1. The van der Waals surface area contributed by atoms with Gasteiger partial charge in [0.15, 0.2) is 0 Å². The van der Waals surface area contributed by atoms with Gasteiger partial charge in [-0.05, 0) is 36.5 Å². The van der Waals surface area contributed by atoms with Crippen molar-refractivity contribution >= 4 is 29.1 Å². The molecule has 22 heavy (non-hydrogen) atoms. The highest BCUT2D eigenvalue weighted by Gasteiger charge is 2.44. The second-order valence-electron chi connectivity index (χ2n) is 5.32. The minimum atomic E-state index is -4.82. The fourth-order valence-electron chi connectivity index (χ4n) is 2.51. The lowest BCUT2D eigenvalue weighted by Crippen LogP contribution is -2.39. The van der Waals surface area contributed by atoms with E-state index in [9.17, 15) is 18.0 Å². The molecule has 0 aromatic heterocycles. The maximum Gasteiger partial charge on any atom is 0.471 e. The molecule has 7 heteroatoms. The van der Waals surface area contributed by atoms with Gasteiger partial charge in [0.1, 0.15) is 0 Å². The smallest absolute Gasteiger partial charge is 0.334 e. The van der Waals surface area contributed by atoms with Crippen molar-refractivity contribution in [2.45, 2.75) is 19.0 Å². The zero-order valence-electron chi connectivity index (χ0n) is 11.6. The summed E-state index contributed by atoms with van der Waals surface area (Å²) in [5, 5.41) is 0.867. The Balaban J connectivity index is 1.97. The van der Waals surface area contributed by atoms with Gasteiger partial charge in [-0.1, -0.05) is 41.4 Å². The summed E-state index contributed by atoms with van der Waals surface area (Å²) in [6.45, 7) is 4.10. The van der Waals surface area contributed by atoms with Gasteiger partial charge in [-0.15, -0.1) is 0 Å². The molecule has 1 saturated heterocycles. The molecule has 0 spiro atoms. The third-order valence-corrected chi connectivity index (χ3v) is 4.45. The number of amides is 1. The molecular formula is C15H14Cl2F3NO. The number of carbonyl (C=O) groups is 1. The van der Waals surface area contributed by atoms with E-state index >= 15 is 0 Å². The van der Waals surface area contributed by atoms with Crippen molar-refractivity contribution in [3.8, 4) is 0 Å². The molecule has 1 aliphatic heterocycles. The molecule has 120 valence electrons. The van der Waals surface area contributed by atoms with E-state index in [-0.39, 0.29) is 19.0 Å². The molecule has 1 aromatic rings. The van der Waals surface area contributed by atoms with Crippen molar-refractivity contribution < 1.29 is 18.0 Å². The number of hydrogen-bond donors (Lipinski definition) is 0. The quantitative estimate of drug-likeness (QED) is 0.734. The Hall–Kier alpha value is -1.20. The van der Waals surface area contributed by atoms with Gasteiger partial charge in [-0.3, -0.25) is 4.79 Å². The molecule has 0 N–H and O–H groups in total. The Morgan fingerprint density at radius 3 is 2.59 bits per heavy atom. The highest BCUT2D eigenvalue weighted by molar-refractivity contribution is 6.42. The minimum absolute atomic E-state index is 0.0541. The van der Waals surface area contributed by atoms with Crippen LogP contribution < -0.4 is 0 Å². The van der Waals surface area contributed by atoms with Crippen molar-refractivity contribution in [2.75, 3.05) is 13.1 Å².